The molecule has 0 saturated carbocycles. The van der Waals surface area contributed by atoms with E-state index in [9.17, 15) is 4.79 Å². The first-order chi connectivity index (χ1) is 5.81. The third kappa shape index (κ3) is 1.86. The SMILES string of the molecule is Cl.O=CC1CCc2c(ncn2Cl)C1. The number of hydrogen-bond acceptors (Lipinski definition) is 2. The Kier molecular flexibility index (Phi) is 3.33. The lowest BCUT2D eigenvalue weighted by Crippen LogP contribution is -2.15. The second kappa shape index (κ2) is 4.11. The van der Waals surface area contributed by atoms with Gasteiger partial charge in [-0.05, 0) is 12.8 Å². The van der Waals surface area contributed by atoms with E-state index in [0.29, 0.717) is 0 Å². The van der Waals surface area contributed by atoms with Gasteiger partial charge in [0, 0.05) is 24.1 Å². The smallest absolute Gasteiger partial charge is 0.123 e. The molecule has 1 aromatic rings. The van der Waals surface area contributed by atoms with Crippen molar-refractivity contribution in [2.75, 3.05) is 0 Å². The predicted octanol–water partition coefficient (Wildman–Crippen LogP) is 1.61. The van der Waals surface area contributed by atoms with E-state index in [-0.39, 0.29) is 18.3 Å². The summed E-state index contributed by atoms with van der Waals surface area (Å²) in [5.41, 5.74) is 2.04. The molecule has 1 unspecified atom stereocenters. The quantitative estimate of drug-likeness (QED) is 0.675. The highest BCUT2D eigenvalue weighted by atomic mass is 35.5. The van der Waals surface area contributed by atoms with Crippen molar-refractivity contribution < 1.29 is 4.79 Å². The maximum absolute atomic E-state index is 10.5. The lowest BCUT2D eigenvalue weighted by molar-refractivity contribution is -0.111. The van der Waals surface area contributed by atoms with Gasteiger partial charge in [0.25, 0.3) is 0 Å². The molecule has 0 aliphatic heterocycles. The summed E-state index contributed by atoms with van der Waals surface area (Å²) >= 11 is 5.81. The third-order valence-electron chi connectivity index (χ3n) is 2.31. The van der Waals surface area contributed by atoms with Crippen molar-refractivity contribution in [1.82, 2.24) is 9.07 Å². The van der Waals surface area contributed by atoms with Crippen molar-refractivity contribution in [3.05, 3.63) is 17.7 Å². The van der Waals surface area contributed by atoms with Crippen LogP contribution in [-0.4, -0.2) is 15.4 Å². The minimum Gasteiger partial charge on any atom is -0.303 e. The van der Waals surface area contributed by atoms with Crippen LogP contribution in [0.2, 0.25) is 0 Å². The molecule has 1 heterocycles. The number of carbonyl (C=O) groups is 1. The maximum Gasteiger partial charge on any atom is 0.123 e. The summed E-state index contributed by atoms with van der Waals surface area (Å²) in [4.78, 5) is 14.6. The molecule has 1 aliphatic rings. The largest absolute Gasteiger partial charge is 0.303 e. The molecule has 13 heavy (non-hydrogen) atoms. The normalized spacial score (nSPS) is 20.2. The van der Waals surface area contributed by atoms with Crippen LogP contribution in [0.5, 0.6) is 0 Å². The predicted molar refractivity (Wildman–Crippen MR) is 52.3 cm³/mol. The monoisotopic (exact) mass is 220 g/mol. The van der Waals surface area contributed by atoms with E-state index in [1.165, 1.54) is 4.09 Å². The fourth-order valence-corrected chi connectivity index (χ4v) is 1.82. The van der Waals surface area contributed by atoms with E-state index >= 15 is 0 Å². The van der Waals surface area contributed by atoms with E-state index in [0.717, 1.165) is 36.9 Å². The van der Waals surface area contributed by atoms with Crippen LogP contribution in [0.15, 0.2) is 6.33 Å². The second-order valence-electron chi connectivity index (χ2n) is 3.09. The van der Waals surface area contributed by atoms with Crippen LogP contribution in [0.1, 0.15) is 17.8 Å². The first-order valence-corrected chi connectivity index (χ1v) is 4.31. The Hall–Kier alpha value is -0.540. The molecule has 0 radical (unpaired) electrons. The van der Waals surface area contributed by atoms with Crippen molar-refractivity contribution >= 4 is 30.5 Å². The van der Waals surface area contributed by atoms with Crippen molar-refractivity contribution in [3.63, 3.8) is 0 Å². The molecule has 0 N–H and O–H groups in total. The van der Waals surface area contributed by atoms with Crippen molar-refractivity contribution in [2.24, 2.45) is 5.92 Å². The number of hydrogen-bond donors (Lipinski definition) is 0. The Balaban J connectivity index is 0.000000845. The van der Waals surface area contributed by atoms with Crippen molar-refractivity contribution in [3.8, 4) is 0 Å². The number of rotatable bonds is 1. The van der Waals surface area contributed by atoms with E-state index in [1.54, 1.807) is 6.33 Å². The Labute approximate surface area is 87.6 Å². The first-order valence-electron chi connectivity index (χ1n) is 3.98. The van der Waals surface area contributed by atoms with Gasteiger partial charge in [0.1, 0.15) is 12.6 Å². The van der Waals surface area contributed by atoms with E-state index in [1.807, 2.05) is 0 Å². The van der Waals surface area contributed by atoms with Gasteiger partial charge in [-0.1, -0.05) is 0 Å². The molecule has 1 atom stereocenters. The van der Waals surface area contributed by atoms with Crippen molar-refractivity contribution in [1.29, 1.82) is 0 Å². The molecule has 0 aromatic carbocycles. The number of carbonyl (C=O) groups excluding carboxylic acids is 1. The fraction of sp³-hybridized carbons (Fsp3) is 0.500. The summed E-state index contributed by atoms with van der Waals surface area (Å²) < 4.78 is 1.52. The molecular weight excluding hydrogens is 211 g/mol. The van der Waals surface area contributed by atoms with E-state index < -0.39 is 0 Å². The molecule has 0 bridgehead atoms. The molecule has 72 valence electrons. The summed E-state index contributed by atoms with van der Waals surface area (Å²) in [6.07, 6.45) is 5.12. The van der Waals surface area contributed by atoms with Crippen molar-refractivity contribution in [2.45, 2.75) is 19.3 Å². The molecule has 0 amide bonds. The minimum absolute atomic E-state index is 0. The Morgan fingerprint density at radius 2 is 2.46 bits per heavy atom. The van der Waals surface area contributed by atoms with Crippen LogP contribution in [0, 0.1) is 5.92 Å². The highest BCUT2D eigenvalue weighted by molar-refractivity contribution is 6.15. The highest BCUT2D eigenvalue weighted by Gasteiger charge is 2.21. The fourth-order valence-electron chi connectivity index (χ4n) is 1.60. The summed E-state index contributed by atoms with van der Waals surface area (Å²) in [6.45, 7) is 0. The standard InChI is InChI=1S/C8H9ClN2O.ClH/c9-11-5-10-7-3-6(4-12)1-2-8(7)11;/h4-6H,1-3H2;1H. The van der Waals surface area contributed by atoms with Gasteiger partial charge >= 0.3 is 0 Å². The molecule has 2 rings (SSSR count). The van der Waals surface area contributed by atoms with Gasteiger partial charge in [-0.2, -0.15) is 0 Å². The highest BCUT2D eigenvalue weighted by Crippen LogP contribution is 2.23. The van der Waals surface area contributed by atoms with E-state index in [4.69, 9.17) is 11.8 Å². The van der Waals surface area contributed by atoms with Gasteiger partial charge in [0.05, 0.1) is 11.4 Å². The summed E-state index contributed by atoms with van der Waals surface area (Å²) in [5, 5.41) is 0. The molecular formula is C8H10Cl2N2O. The number of nitrogens with zero attached hydrogens (tertiary/aromatic N) is 2. The Morgan fingerprint density at radius 1 is 1.69 bits per heavy atom. The van der Waals surface area contributed by atoms with Gasteiger partial charge in [0.15, 0.2) is 0 Å². The Bertz CT molecular complexity index is 311. The summed E-state index contributed by atoms with van der Waals surface area (Å²) in [5.74, 6) is 0.143. The maximum atomic E-state index is 10.5. The van der Waals surface area contributed by atoms with Crippen LogP contribution in [0.25, 0.3) is 0 Å². The van der Waals surface area contributed by atoms with Gasteiger partial charge in [-0.15, -0.1) is 12.4 Å². The van der Waals surface area contributed by atoms with Crippen LogP contribution in [-0.2, 0) is 17.6 Å². The van der Waals surface area contributed by atoms with Gasteiger partial charge in [-0.25, -0.2) is 9.07 Å². The average molecular weight is 221 g/mol. The zero-order valence-electron chi connectivity index (χ0n) is 6.94. The summed E-state index contributed by atoms with van der Waals surface area (Å²) in [7, 11) is 0. The lowest BCUT2D eigenvalue weighted by Gasteiger charge is -2.15. The second-order valence-corrected chi connectivity index (χ2v) is 3.45. The third-order valence-corrected chi connectivity index (χ3v) is 2.60. The van der Waals surface area contributed by atoms with Crippen LogP contribution >= 0.6 is 24.2 Å². The number of fused-ring (bicyclic) bond motifs is 1. The number of aldehydes is 1. The number of imidazole rings is 1. The summed E-state index contributed by atoms with van der Waals surface area (Å²) in [6, 6.07) is 0. The van der Waals surface area contributed by atoms with Crippen LogP contribution in [0.4, 0.5) is 0 Å². The van der Waals surface area contributed by atoms with Gasteiger partial charge in [-0.3, -0.25) is 0 Å². The molecule has 0 saturated heterocycles. The van der Waals surface area contributed by atoms with Crippen LogP contribution in [0.3, 0.4) is 0 Å². The number of aromatic nitrogens is 2. The Morgan fingerprint density at radius 3 is 3.15 bits per heavy atom. The topological polar surface area (TPSA) is 34.9 Å². The lowest BCUT2D eigenvalue weighted by atomic mass is 9.91. The first kappa shape index (κ1) is 10.5. The number of halogens is 2. The molecule has 0 fully saturated rings. The van der Waals surface area contributed by atoms with Crippen LogP contribution < -0.4 is 0 Å². The zero-order chi connectivity index (χ0) is 8.55. The molecule has 1 aliphatic carbocycles. The average Bonchev–Trinajstić information content (AvgIpc) is 2.47. The molecule has 1 aromatic heterocycles. The molecule has 3 nitrogen and oxygen atoms in total. The minimum atomic E-state index is 0. The zero-order valence-corrected chi connectivity index (χ0v) is 8.51. The molecule has 5 heteroatoms. The van der Waals surface area contributed by atoms with Gasteiger partial charge < -0.3 is 4.79 Å². The van der Waals surface area contributed by atoms with E-state index in [2.05, 4.69) is 4.98 Å². The van der Waals surface area contributed by atoms with Gasteiger partial charge in [0.2, 0.25) is 0 Å². The molecule has 0 spiro atoms.